The van der Waals surface area contributed by atoms with Gasteiger partial charge in [0.1, 0.15) is 16.9 Å². The molecule has 124 valence electrons. The quantitative estimate of drug-likeness (QED) is 0.752. The predicted octanol–water partition coefficient (Wildman–Crippen LogP) is 4.48. The molecule has 25 heavy (non-hydrogen) atoms. The van der Waals surface area contributed by atoms with E-state index in [0.717, 1.165) is 17.2 Å². The van der Waals surface area contributed by atoms with E-state index in [0.29, 0.717) is 0 Å². The van der Waals surface area contributed by atoms with Crippen LogP contribution in [0.4, 0.5) is 5.69 Å². The second-order valence-electron chi connectivity index (χ2n) is 6.72. The molecule has 0 unspecified atom stereocenters. The van der Waals surface area contributed by atoms with E-state index in [4.69, 9.17) is 9.47 Å². The Morgan fingerprint density at radius 2 is 1.76 bits per heavy atom. The molecule has 2 heterocycles. The van der Waals surface area contributed by atoms with Crippen LogP contribution in [0.25, 0.3) is 0 Å². The highest BCUT2D eigenvalue weighted by Crippen LogP contribution is 2.57. The molecule has 0 fully saturated rings. The molecule has 0 amide bonds. The molecule has 2 aliphatic rings. The van der Waals surface area contributed by atoms with Crippen molar-refractivity contribution in [3.8, 4) is 11.5 Å². The Morgan fingerprint density at radius 1 is 0.960 bits per heavy atom. The van der Waals surface area contributed by atoms with Gasteiger partial charge in [-0.1, -0.05) is 48.0 Å². The number of hydrogen-bond donors (Lipinski definition) is 1. The summed E-state index contributed by atoms with van der Waals surface area (Å²) in [4.78, 5) is 0. The van der Waals surface area contributed by atoms with E-state index < -0.39 is 0 Å². The zero-order chi connectivity index (χ0) is 17.0. The molecular weight excluding hydrogens is 310 g/mol. The van der Waals surface area contributed by atoms with Gasteiger partial charge in [-0.3, -0.25) is 0 Å². The number of nitrogens with one attached hydrogen (secondary N) is 1. The first-order chi connectivity index (χ1) is 12.2. The Balaban J connectivity index is 1.83. The molecule has 1 N–H and O–H groups in total. The number of benzene rings is 3. The highest BCUT2D eigenvalue weighted by atomic mass is 16.5. The van der Waals surface area contributed by atoms with Crippen molar-refractivity contribution < 1.29 is 9.47 Å². The molecule has 0 aromatic heterocycles. The van der Waals surface area contributed by atoms with Crippen LogP contribution in [0.1, 0.15) is 22.3 Å². The lowest BCUT2D eigenvalue weighted by molar-refractivity contribution is 0.226. The fourth-order valence-corrected chi connectivity index (χ4v) is 4.25. The average molecular weight is 329 g/mol. The summed E-state index contributed by atoms with van der Waals surface area (Å²) in [5.41, 5.74) is 5.72. The van der Waals surface area contributed by atoms with Gasteiger partial charge in [-0.05, 0) is 42.3 Å². The van der Waals surface area contributed by atoms with Gasteiger partial charge in [-0.15, -0.1) is 0 Å². The fraction of sp³-hybridized carbons (Fsp3) is 0.182. The van der Waals surface area contributed by atoms with E-state index in [2.05, 4.69) is 66.8 Å². The molecule has 5 rings (SSSR count). The molecule has 2 atom stereocenters. The van der Waals surface area contributed by atoms with Crippen LogP contribution in [0, 0.1) is 6.92 Å². The van der Waals surface area contributed by atoms with Crippen LogP contribution in [-0.4, -0.2) is 13.3 Å². The largest absolute Gasteiger partial charge is 0.497 e. The summed E-state index contributed by atoms with van der Waals surface area (Å²) in [6, 6.07) is 23.3. The number of methoxy groups -OCH3 is 1. The van der Waals surface area contributed by atoms with Crippen molar-refractivity contribution in [1.29, 1.82) is 0 Å². The second kappa shape index (κ2) is 5.03. The SMILES string of the molecule is COc1ccc([C@]23c4ccccc4N[C@H]2Oc2ccc(C)cc23)cc1. The maximum absolute atomic E-state index is 6.34. The summed E-state index contributed by atoms with van der Waals surface area (Å²) in [6.45, 7) is 2.13. The minimum absolute atomic E-state index is 0.143. The number of hydrogen-bond acceptors (Lipinski definition) is 3. The highest BCUT2D eigenvalue weighted by molar-refractivity contribution is 5.74. The predicted molar refractivity (Wildman–Crippen MR) is 98.5 cm³/mol. The molecular formula is C22H19NO2. The third kappa shape index (κ3) is 1.81. The molecule has 3 nitrogen and oxygen atoms in total. The zero-order valence-electron chi connectivity index (χ0n) is 14.2. The first-order valence-corrected chi connectivity index (χ1v) is 8.52. The monoisotopic (exact) mass is 329 g/mol. The molecule has 0 saturated carbocycles. The van der Waals surface area contributed by atoms with E-state index >= 15 is 0 Å². The zero-order valence-corrected chi connectivity index (χ0v) is 14.2. The number of fused-ring (bicyclic) bond motifs is 5. The van der Waals surface area contributed by atoms with Gasteiger partial charge < -0.3 is 14.8 Å². The van der Waals surface area contributed by atoms with Crippen molar-refractivity contribution in [2.24, 2.45) is 0 Å². The van der Waals surface area contributed by atoms with E-state index in [1.54, 1.807) is 7.11 Å². The minimum Gasteiger partial charge on any atom is -0.497 e. The number of aryl methyl sites for hydroxylation is 1. The van der Waals surface area contributed by atoms with Crippen molar-refractivity contribution >= 4 is 5.69 Å². The van der Waals surface area contributed by atoms with Gasteiger partial charge in [0, 0.05) is 11.3 Å². The van der Waals surface area contributed by atoms with Crippen LogP contribution >= 0.6 is 0 Å². The lowest BCUT2D eigenvalue weighted by atomic mass is 9.70. The van der Waals surface area contributed by atoms with Crippen molar-refractivity contribution in [3.05, 3.63) is 89.0 Å². The van der Waals surface area contributed by atoms with Gasteiger partial charge in [0.15, 0.2) is 6.23 Å². The van der Waals surface area contributed by atoms with E-state index in [1.165, 1.54) is 22.3 Å². The molecule has 0 saturated heterocycles. The van der Waals surface area contributed by atoms with Gasteiger partial charge in [-0.25, -0.2) is 0 Å². The van der Waals surface area contributed by atoms with Gasteiger partial charge in [0.05, 0.1) is 7.11 Å². The molecule has 0 bridgehead atoms. The second-order valence-corrected chi connectivity index (χ2v) is 6.72. The highest BCUT2D eigenvalue weighted by Gasteiger charge is 2.56. The molecule has 0 radical (unpaired) electrons. The van der Waals surface area contributed by atoms with Crippen LogP contribution in [0.5, 0.6) is 11.5 Å². The third-order valence-corrected chi connectivity index (χ3v) is 5.38. The molecule has 0 spiro atoms. The fourth-order valence-electron chi connectivity index (χ4n) is 4.25. The van der Waals surface area contributed by atoms with E-state index in [9.17, 15) is 0 Å². The summed E-state index contributed by atoms with van der Waals surface area (Å²) in [5, 5.41) is 3.58. The number of anilines is 1. The summed E-state index contributed by atoms with van der Waals surface area (Å²) in [7, 11) is 1.69. The van der Waals surface area contributed by atoms with Gasteiger partial charge in [-0.2, -0.15) is 0 Å². The smallest absolute Gasteiger partial charge is 0.188 e. The van der Waals surface area contributed by atoms with Gasteiger partial charge in [0.2, 0.25) is 0 Å². The first-order valence-electron chi connectivity index (χ1n) is 8.52. The standard InChI is InChI=1S/C22H19NO2/c1-14-7-12-20-18(13-14)22(15-8-10-16(24-2)11-9-15)17-5-3-4-6-19(17)23-21(22)25-20/h3-13,21,23H,1-2H3/t21-,22+/m0/s1. The Labute approximate surface area is 147 Å². The van der Waals surface area contributed by atoms with E-state index in [-0.39, 0.29) is 11.6 Å². The Bertz CT molecular complexity index is 964. The summed E-state index contributed by atoms with van der Waals surface area (Å²) in [6.07, 6.45) is -0.143. The normalized spacial score (nSPS) is 22.4. The van der Waals surface area contributed by atoms with E-state index in [1.807, 2.05) is 12.1 Å². The Morgan fingerprint density at radius 3 is 2.56 bits per heavy atom. The molecule has 0 aliphatic carbocycles. The Kier molecular flexibility index (Phi) is 2.90. The van der Waals surface area contributed by atoms with Crippen molar-refractivity contribution in [3.63, 3.8) is 0 Å². The van der Waals surface area contributed by atoms with Crippen LogP contribution in [0.2, 0.25) is 0 Å². The summed E-state index contributed by atoms with van der Waals surface area (Å²) < 4.78 is 11.7. The third-order valence-electron chi connectivity index (χ3n) is 5.38. The van der Waals surface area contributed by atoms with Crippen LogP contribution in [-0.2, 0) is 5.41 Å². The lowest BCUT2D eigenvalue weighted by Gasteiger charge is -2.29. The van der Waals surface area contributed by atoms with Crippen LogP contribution < -0.4 is 14.8 Å². The summed E-state index contributed by atoms with van der Waals surface area (Å²) in [5.74, 6) is 1.81. The van der Waals surface area contributed by atoms with Gasteiger partial charge >= 0.3 is 0 Å². The van der Waals surface area contributed by atoms with Gasteiger partial charge in [0.25, 0.3) is 0 Å². The summed E-state index contributed by atoms with van der Waals surface area (Å²) >= 11 is 0. The maximum Gasteiger partial charge on any atom is 0.188 e. The number of ether oxygens (including phenoxy) is 2. The van der Waals surface area contributed by atoms with Crippen molar-refractivity contribution in [2.75, 3.05) is 12.4 Å². The molecule has 3 heteroatoms. The topological polar surface area (TPSA) is 30.5 Å². The van der Waals surface area contributed by atoms with Crippen LogP contribution in [0.3, 0.4) is 0 Å². The molecule has 3 aromatic carbocycles. The first kappa shape index (κ1) is 14.4. The molecule has 2 aliphatic heterocycles. The number of rotatable bonds is 2. The van der Waals surface area contributed by atoms with Crippen molar-refractivity contribution in [2.45, 2.75) is 18.6 Å². The lowest BCUT2D eigenvalue weighted by Crippen LogP contribution is -2.39. The Hall–Kier alpha value is -2.94. The average Bonchev–Trinajstić information content (AvgIpc) is 3.13. The van der Waals surface area contributed by atoms with Crippen LogP contribution in [0.15, 0.2) is 66.7 Å². The molecule has 3 aromatic rings. The number of para-hydroxylation sites is 1. The minimum atomic E-state index is -0.343. The maximum atomic E-state index is 6.34. The van der Waals surface area contributed by atoms with Crippen molar-refractivity contribution in [1.82, 2.24) is 0 Å².